The number of hydrogen-bond donors (Lipinski definition) is 0. The van der Waals surface area contributed by atoms with Gasteiger partial charge in [0.05, 0.1) is 5.41 Å². The predicted molar refractivity (Wildman–Crippen MR) is 88.1 cm³/mol. The third-order valence-corrected chi connectivity index (χ3v) is 6.22. The van der Waals surface area contributed by atoms with Crippen molar-refractivity contribution in [1.29, 1.82) is 0 Å². The van der Waals surface area contributed by atoms with Crippen molar-refractivity contribution in [3.05, 3.63) is 35.9 Å². The molecular weight excluding hydrogens is 307 g/mol. The highest BCUT2D eigenvalue weighted by molar-refractivity contribution is 5.91. The molecule has 4 rings (SSSR count). The Bertz CT molecular complexity index is 673. The van der Waals surface area contributed by atoms with Crippen LogP contribution in [-0.4, -0.2) is 54.0 Å². The Hall–Kier alpha value is -1.91. The number of hydrogen-bond acceptors (Lipinski definition) is 2. The molecule has 0 aromatic heterocycles. The zero-order valence-corrected chi connectivity index (χ0v) is 14.0. The molecule has 1 aliphatic carbocycles. The Morgan fingerprint density at radius 3 is 2.54 bits per heavy atom. The highest BCUT2D eigenvalue weighted by atomic mass is 19.1. The van der Waals surface area contributed by atoms with Gasteiger partial charge in [0.15, 0.2) is 5.67 Å². The lowest BCUT2D eigenvalue weighted by Crippen LogP contribution is -2.50. The quantitative estimate of drug-likeness (QED) is 0.835. The van der Waals surface area contributed by atoms with Gasteiger partial charge >= 0.3 is 0 Å². The van der Waals surface area contributed by atoms with Crippen LogP contribution in [0.15, 0.2) is 30.3 Å². The molecule has 1 aromatic rings. The number of likely N-dealkylation sites (tertiary alicyclic amines) is 2. The Balaban J connectivity index is 1.63. The fourth-order valence-corrected chi connectivity index (χ4v) is 4.62. The largest absolute Gasteiger partial charge is 0.345 e. The SMILES string of the molecule is CN1CC(c2ccccc2)C2(CCN(C(=O)C3(F)CCC3)C2)C1=O. The van der Waals surface area contributed by atoms with Gasteiger partial charge in [-0.05, 0) is 31.2 Å². The summed E-state index contributed by atoms with van der Waals surface area (Å²) in [6, 6.07) is 10.0. The van der Waals surface area contributed by atoms with Crippen LogP contribution in [-0.2, 0) is 9.59 Å². The monoisotopic (exact) mass is 330 g/mol. The Kier molecular flexibility index (Phi) is 3.44. The van der Waals surface area contributed by atoms with E-state index in [2.05, 4.69) is 0 Å². The van der Waals surface area contributed by atoms with E-state index in [-0.39, 0.29) is 11.8 Å². The van der Waals surface area contributed by atoms with Crippen molar-refractivity contribution in [3.63, 3.8) is 0 Å². The minimum Gasteiger partial charge on any atom is -0.345 e. The highest BCUT2D eigenvalue weighted by Gasteiger charge is 2.59. The lowest BCUT2D eigenvalue weighted by Gasteiger charge is -2.36. The zero-order valence-electron chi connectivity index (χ0n) is 14.0. The average molecular weight is 330 g/mol. The lowest BCUT2D eigenvalue weighted by atomic mass is 9.73. The summed E-state index contributed by atoms with van der Waals surface area (Å²) in [5.74, 6) is -0.251. The van der Waals surface area contributed by atoms with Gasteiger partial charge < -0.3 is 9.80 Å². The number of halogens is 1. The fourth-order valence-electron chi connectivity index (χ4n) is 4.62. The fraction of sp³-hybridized carbons (Fsp3) is 0.579. The summed E-state index contributed by atoms with van der Waals surface area (Å²) in [7, 11) is 1.82. The first-order valence-electron chi connectivity index (χ1n) is 8.75. The van der Waals surface area contributed by atoms with Crippen molar-refractivity contribution in [3.8, 4) is 0 Å². The molecular formula is C19H23FN2O2. The van der Waals surface area contributed by atoms with Crippen LogP contribution in [0.1, 0.15) is 37.2 Å². The van der Waals surface area contributed by atoms with E-state index < -0.39 is 17.0 Å². The summed E-state index contributed by atoms with van der Waals surface area (Å²) >= 11 is 0. The molecule has 2 aliphatic heterocycles. The number of likely N-dealkylation sites (N-methyl/N-ethyl adjacent to an activating group) is 1. The Morgan fingerprint density at radius 1 is 1.21 bits per heavy atom. The summed E-state index contributed by atoms with van der Waals surface area (Å²) in [6.45, 7) is 1.49. The molecule has 3 fully saturated rings. The first-order valence-corrected chi connectivity index (χ1v) is 8.75. The van der Waals surface area contributed by atoms with Gasteiger partial charge in [0.25, 0.3) is 5.91 Å². The minimum atomic E-state index is -1.68. The molecule has 0 radical (unpaired) electrons. The van der Waals surface area contributed by atoms with Crippen LogP contribution >= 0.6 is 0 Å². The minimum absolute atomic E-state index is 0.0611. The van der Waals surface area contributed by atoms with Crippen molar-refractivity contribution in [2.75, 3.05) is 26.7 Å². The molecule has 0 N–H and O–H groups in total. The van der Waals surface area contributed by atoms with E-state index in [1.807, 2.05) is 37.4 Å². The second-order valence-corrected chi connectivity index (χ2v) is 7.60. The second kappa shape index (κ2) is 5.30. The van der Waals surface area contributed by atoms with Crippen LogP contribution in [0.3, 0.4) is 0 Å². The first-order chi connectivity index (χ1) is 11.5. The van der Waals surface area contributed by atoms with Gasteiger partial charge in [0.1, 0.15) is 0 Å². The van der Waals surface area contributed by atoms with E-state index in [4.69, 9.17) is 0 Å². The normalized spacial score (nSPS) is 31.6. The van der Waals surface area contributed by atoms with Crippen LogP contribution in [0.4, 0.5) is 4.39 Å². The van der Waals surface area contributed by atoms with Crippen molar-refractivity contribution < 1.29 is 14.0 Å². The van der Waals surface area contributed by atoms with Gasteiger partial charge in [0, 0.05) is 32.6 Å². The number of nitrogens with zero attached hydrogens (tertiary/aromatic N) is 2. The van der Waals surface area contributed by atoms with Crippen LogP contribution in [0.25, 0.3) is 0 Å². The molecule has 4 nitrogen and oxygen atoms in total. The first kappa shape index (κ1) is 15.6. The Labute approximate surface area is 141 Å². The smallest absolute Gasteiger partial charge is 0.260 e. The van der Waals surface area contributed by atoms with Crippen molar-refractivity contribution >= 4 is 11.8 Å². The van der Waals surface area contributed by atoms with E-state index in [1.165, 1.54) is 0 Å². The number of alkyl halides is 1. The standard InChI is InChI=1S/C19H23FN2O2/c1-21-12-15(14-6-3-2-4-7-14)18(16(21)23)10-11-22(13-18)17(24)19(20)8-5-9-19/h2-4,6-7,15H,5,8-13H2,1H3. The van der Waals surface area contributed by atoms with Crippen molar-refractivity contribution in [2.45, 2.75) is 37.3 Å². The summed E-state index contributed by atoms with van der Waals surface area (Å²) in [6.07, 6.45) is 2.05. The topological polar surface area (TPSA) is 40.6 Å². The van der Waals surface area contributed by atoms with Crippen LogP contribution in [0, 0.1) is 5.41 Å². The molecule has 5 heteroatoms. The molecule has 1 spiro atoms. The van der Waals surface area contributed by atoms with Crippen molar-refractivity contribution in [1.82, 2.24) is 9.80 Å². The maximum Gasteiger partial charge on any atom is 0.260 e. The summed E-state index contributed by atoms with van der Waals surface area (Å²) in [4.78, 5) is 28.8. The Morgan fingerprint density at radius 2 is 1.92 bits per heavy atom. The van der Waals surface area contributed by atoms with E-state index in [0.717, 1.165) is 12.0 Å². The molecule has 2 heterocycles. The van der Waals surface area contributed by atoms with E-state index in [9.17, 15) is 14.0 Å². The van der Waals surface area contributed by atoms with Crippen LogP contribution in [0.2, 0.25) is 0 Å². The van der Waals surface area contributed by atoms with Crippen LogP contribution < -0.4 is 0 Å². The number of carbonyl (C=O) groups excluding carboxylic acids is 2. The van der Waals surface area contributed by atoms with Crippen LogP contribution in [0.5, 0.6) is 0 Å². The van der Waals surface area contributed by atoms with Gasteiger partial charge in [-0.3, -0.25) is 9.59 Å². The zero-order chi connectivity index (χ0) is 16.9. The predicted octanol–water partition coefficient (Wildman–Crippen LogP) is 2.35. The summed E-state index contributed by atoms with van der Waals surface area (Å²) in [5, 5.41) is 0. The van der Waals surface area contributed by atoms with Gasteiger partial charge in [-0.1, -0.05) is 30.3 Å². The number of rotatable bonds is 2. The average Bonchev–Trinajstić information content (AvgIpc) is 3.11. The summed E-state index contributed by atoms with van der Waals surface area (Å²) < 4.78 is 14.5. The van der Waals surface area contributed by atoms with Gasteiger partial charge in [-0.2, -0.15) is 0 Å². The number of carbonyl (C=O) groups is 2. The highest BCUT2D eigenvalue weighted by Crippen LogP contribution is 2.50. The molecule has 0 bridgehead atoms. The molecule has 1 aromatic carbocycles. The van der Waals surface area contributed by atoms with E-state index in [0.29, 0.717) is 38.9 Å². The maximum atomic E-state index is 14.5. The number of amides is 2. The molecule has 24 heavy (non-hydrogen) atoms. The molecule has 2 unspecified atom stereocenters. The molecule has 3 aliphatic rings. The molecule has 1 saturated carbocycles. The van der Waals surface area contributed by atoms with E-state index >= 15 is 0 Å². The second-order valence-electron chi connectivity index (χ2n) is 7.60. The molecule has 2 saturated heterocycles. The third-order valence-electron chi connectivity index (χ3n) is 6.22. The van der Waals surface area contributed by atoms with Gasteiger partial charge in [-0.25, -0.2) is 4.39 Å². The molecule has 2 atom stereocenters. The van der Waals surface area contributed by atoms with Gasteiger partial charge in [-0.15, -0.1) is 0 Å². The molecule has 128 valence electrons. The third kappa shape index (κ3) is 2.10. The summed E-state index contributed by atoms with van der Waals surface area (Å²) in [5.41, 5.74) is -1.14. The van der Waals surface area contributed by atoms with E-state index in [1.54, 1.807) is 9.80 Å². The number of benzene rings is 1. The van der Waals surface area contributed by atoms with Gasteiger partial charge in [0.2, 0.25) is 5.91 Å². The van der Waals surface area contributed by atoms with Crippen molar-refractivity contribution in [2.24, 2.45) is 5.41 Å². The molecule has 2 amide bonds. The maximum absolute atomic E-state index is 14.5. The lowest BCUT2D eigenvalue weighted by molar-refractivity contribution is -0.149.